The lowest BCUT2D eigenvalue weighted by Crippen LogP contribution is -2.26. The molecule has 0 aliphatic carbocycles. The molecule has 1 aromatic carbocycles. The molecule has 0 aliphatic heterocycles. The van der Waals surface area contributed by atoms with Crippen LogP contribution in [-0.2, 0) is 0 Å². The molecule has 0 spiro atoms. The van der Waals surface area contributed by atoms with Crippen molar-refractivity contribution in [2.75, 3.05) is 23.3 Å². The highest BCUT2D eigenvalue weighted by molar-refractivity contribution is 5.74. The molecule has 9 heteroatoms. The topological polar surface area (TPSA) is 132 Å². The molecule has 0 atom stereocenters. The summed E-state index contributed by atoms with van der Waals surface area (Å²) < 4.78 is 0. The van der Waals surface area contributed by atoms with Crippen LogP contribution >= 0.6 is 0 Å². The number of para-hydroxylation sites is 1. The number of anilines is 3. The summed E-state index contributed by atoms with van der Waals surface area (Å²) in [6, 6.07) is 12.5. The van der Waals surface area contributed by atoms with E-state index in [-0.39, 0.29) is 30.4 Å². The molecular formula is C14H11N7O2. The van der Waals surface area contributed by atoms with Gasteiger partial charge in [-0.15, -0.1) is 0 Å². The van der Waals surface area contributed by atoms with E-state index in [0.29, 0.717) is 5.69 Å². The van der Waals surface area contributed by atoms with Gasteiger partial charge >= 0.3 is 5.69 Å². The Morgan fingerprint density at radius 2 is 1.83 bits per heavy atom. The lowest BCUT2D eigenvalue weighted by Gasteiger charge is -2.17. The molecule has 0 fully saturated rings. The maximum Gasteiger partial charge on any atom is 0.353 e. The van der Waals surface area contributed by atoms with Crippen molar-refractivity contribution in [1.82, 2.24) is 9.97 Å². The Hall–Kier alpha value is -3.72. The van der Waals surface area contributed by atoms with Crippen LogP contribution in [0, 0.1) is 32.8 Å². The average molecular weight is 309 g/mol. The van der Waals surface area contributed by atoms with Crippen LogP contribution in [0.4, 0.5) is 23.0 Å². The summed E-state index contributed by atoms with van der Waals surface area (Å²) in [7, 11) is 0. The molecule has 2 rings (SSSR count). The predicted molar refractivity (Wildman–Crippen MR) is 81.9 cm³/mol. The molecule has 1 N–H and O–H groups in total. The van der Waals surface area contributed by atoms with Crippen LogP contribution in [-0.4, -0.2) is 28.0 Å². The van der Waals surface area contributed by atoms with E-state index in [0.717, 1.165) is 6.33 Å². The minimum Gasteiger partial charge on any atom is -0.334 e. The molecule has 114 valence electrons. The van der Waals surface area contributed by atoms with Gasteiger partial charge < -0.3 is 10.2 Å². The van der Waals surface area contributed by atoms with E-state index in [1.165, 1.54) is 4.90 Å². The molecule has 0 amide bonds. The standard InChI is InChI=1S/C14H11N7O2/c15-6-8-20(9-7-16)14-12(21(22)23)13(17-10-18-14)19-11-4-2-1-3-5-11/h1-5,10H,8-9H2,(H,17,18,19). The van der Waals surface area contributed by atoms with Gasteiger partial charge in [-0.1, -0.05) is 18.2 Å². The molecule has 0 bridgehead atoms. The number of nitro groups is 1. The van der Waals surface area contributed by atoms with Gasteiger partial charge in [-0.2, -0.15) is 10.5 Å². The Labute approximate surface area is 131 Å². The summed E-state index contributed by atoms with van der Waals surface area (Å²) in [5, 5.41) is 31.9. The highest BCUT2D eigenvalue weighted by Crippen LogP contribution is 2.33. The highest BCUT2D eigenvalue weighted by atomic mass is 16.6. The first-order valence-corrected chi connectivity index (χ1v) is 6.47. The van der Waals surface area contributed by atoms with Crippen molar-refractivity contribution < 1.29 is 4.92 Å². The SMILES string of the molecule is N#CCN(CC#N)c1ncnc(Nc2ccccc2)c1[N+](=O)[O-]. The van der Waals surface area contributed by atoms with Crippen molar-refractivity contribution in [2.45, 2.75) is 0 Å². The van der Waals surface area contributed by atoms with E-state index >= 15 is 0 Å². The van der Waals surface area contributed by atoms with Crippen molar-refractivity contribution in [1.29, 1.82) is 10.5 Å². The fourth-order valence-corrected chi connectivity index (χ4v) is 1.90. The number of nitrogens with zero attached hydrogens (tertiary/aromatic N) is 6. The predicted octanol–water partition coefficient (Wildman–Crippen LogP) is 1.98. The van der Waals surface area contributed by atoms with Gasteiger partial charge in [-0.05, 0) is 12.1 Å². The fraction of sp³-hybridized carbons (Fsp3) is 0.143. The quantitative estimate of drug-likeness (QED) is 0.486. The number of nitriles is 2. The Kier molecular flexibility index (Phi) is 5.00. The van der Waals surface area contributed by atoms with E-state index in [9.17, 15) is 10.1 Å². The maximum absolute atomic E-state index is 11.4. The van der Waals surface area contributed by atoms with Crippen LogP contribution in [0.3, 0.4) is 0 Å². The number of hydrogen-bond donors (Lipinski definition) is 1. The molecule has 23 heavy (non-hydrogen) atoms. The fourth-order valence-electron chi connectivity index (χ4n) is 1.90. The number of hydrogen-bond acceptors (Lipinski definition) is 8. The van der Waals surface area contributed by atoms with E-state index < -0.39 is 4.92 Å². The first kappa shape index (κ1) is 15.7. The Balaban J connectivity index is 2.48. The first-order valence-electron chi connectivity index (χ1n) is 6.47. The monoisotopic (exact) mass is 309 g/mol. The second-order valence-corrected chi connectivity index (χ2v) is 4.31. The minimum atomic E-state index is -0.637. The van der Waals surface area contributed by atoms with Crippen molar-refractivity contribution in [2.24, 2.45) is 0 Å². The summed E-state index contributed by atoms with van der Waals surface area (Å²) in [4.78, 5) is 19.8. The summed E-state index contributed by atoms with van der Waals surface area (Å²) in [5.74, 6) is -0.0846. The second kappa shape index (κ2) is 7.33. The molecule has 0 aliphatic rings. The molecule has 0 radical (unpaired) electrons. The van der Waals surface area contributed by atoms with Crippen molar-refractivity contribution in [3.8, 4) is 12.1 Å². The molecule has 9 nitrogen and oxygen atoms in total. The lowest BCUT2D eigenvalue weighted by molar-refractivity contribution is -0.383. The van der Waals surface area contributed by atoms with Crippen LogP contribution in [0.5, 0.6) is 0 Å². The van der Waals surface area contributed by atoms with Gasteiger partial charge in [0.1, 0.15) is 19.4 Å². The Bertz CT molecular complexity index is 764. The lowest BCUT2D eigenvalue weighted by atomic mass is 10.3. The average Bonchev–Trinajstić information content (AvgIpc) is 2.55. The largest absolute Gasteiger partial charge is 0.353 e. The van der Waals surface area contributed by atoms with Crippen molar-refractivity contribution in [3.05, 3.63) is 46.8 Å². The summed E-state index contributed by atoms with van der Waals surface area (Å²) >= 11 is 0. The zero-order valence-corrected chi connectivity index (χ0v) is 11.9. The summed E-state index contributed by atoms with van der Waals surface area (Å²) in [5.41, 5.74) is 0.231. The normalized spacial score (nSPS) is 9.48. The molecule has 1 aromatic heterocycles. The molecule has 1 heterocycles. The summed E-state index contributed by atoms with van der Waals surface area (Å²) in [6.07, 6.45) is 1.15. The molecule has 2 aromatic rings. The van der Waals surface area contributed by atoms with Gasteiger partial charge in [0.15, 0.2) is 0 Å². The van der Waals surface area contributed by atoms with Gasteiger partial charge in [0.2, 0.25) is 11.6 Å². The highest BCUT2D eigenvalue weighted by Gasteiger charge is 2.27. The second-order valence-electron chi connectivity index (χ2n) is 4.31. The van der Waals surface area contributed by atoms with Crippen LogP contribution in [0.1, 0.15) is 0 Å². The van der Waals surface area contributed by atoms with Crippen LogP contribution in [0.15, 0.2) is 36.7 Å². The Morgan fingerprint density at radius 1 is 1.17 bits per heavy atom. The molecular weight excluding hydrogens is 298 g/mol. The number of aromatic nitrogens is 2. The zero-order chi connectivity index (χ0) is 16.7. The van der Waals surface area contributed by atoms with Crippen LogP contribution < -0.4 is 10.2 Å². The Morgan fingerprint density at radius 3 is 2.39 bits per heavy atom. The molecule has 0 unspecified atom stereocenters. The molecule has 0 saturated carbocycles. The smallest absolute Gasteiger partial charge is 0.334 e. The minimum absolute atomic E-state index is 0.00733. The van der Waals surface area contributed by atoms with Gasteiger partial charge in [0.05, 0.1) is 17.1 Å². The zero-order valence-electron chi connectivity index (χ0n) is 11.9. The third-order valence-corrected chi connectivity index (χ3v) is 2.84. The number of rotatable bonds is 6. The van der Waals surface area contributed by atoms with Gasteiger partial charge in [0, 0.05) is 5.69 Å². The van der Waals surface area contributed by atoms with E-state index in [2.05, 4.69) is 15.3 Å². The summed E-state index contributed by atoms with van der Waals surface area (Å²) in [6.45, 7) is -0.396. The van der Waals surface area contributed by atoms with Crippen molar-refractivity contribution >= 4 is 23.0 Å². The van der Waals surface area contributed by atoms with Gasteiger partial charge in [0.25, 0.3) is 0 Å². The van der Waals surface area contributed by atoms with E-state index in [1.807, 2.05) is 18.2 Å². The third kappa shape index (κ3) is 3.68. The van der Waals surface area contributed by atoms with Gasteiger partial charge in [-0.25, -0.2) is 9.97 Å². The van der Waals surface area contributed by atoms with Crippen molar-refractivity contribution in [3.63, 3.8) is 0 Å². The van der Waals surface area contributed by atoms with Crippen LogP contribution in [0.2, 0.25) is 0 Å². The number of nitrogens with one attached hydrogen (secondary N) is 1. The maximum atomic E-state index is 11.4. The first-order chi connectivity index (χ1) is 11.2. The number of benzene rings is 1. The molecule has 0 saturated heterocycles. The van der Waals surface area contributed by atoms with E-state index in [1.54, 1.807) is 24.3 Å². The third-order valence-electron chi connectivity index (χ3n) is 2.84. The van der Waals surface area contributed by atoms with E-state index in [4.69, 9.17) is 10.5 Å². The van der Waals surface area contributed by atoms with Gasteiger partial charge in [-0.3, -0.25) is 10.1 Å². The van der Waals surface area contributed by atoms with Crippen LogP contribution in [0.25, 0.3) is 0 Å².